The summed E-state index contributed by atoms with van der Waals surface area (Å²) >= 11 is 0. The molecule has 4 nitrogen and oxygen atoms in total. The van der Waals surface area contributed by atoms with E-state index in [1.165, 1.54) is 24.0 Å². The Morgan fingerprint density at radius 1 is 1.24 bits per heavy atom. The summed E-state index contributed by atoms with van der Waals surface area (Å²) in [6.45, 7) is 9.26. The van der Waals surface area contributed by atoms with E-state index in [0.717, 1.165) is 29.9 Å². The van der Waals surface area contributed by atoms with E-state index >= 15 is 0 Å². The van der Waals surface area contributed by atoms with Crippen LogP contribution in [0.3, 0.4) is 0 Å². The summed E-state index contributed by atoms with van der Waals surface area (Å²) < 4.78 is 12.3. The van der Waals surface area contributed by atoms with E-state index < -0.39 is 6.10 Å². The Kier molecular flexibility index (Phi) is 5.40. The van der Waals surface area contributed by atoms with Gasteiger partial charge < -0.3 is 19.9 Å². The van der Waals surface area contributed by atoms with Gasteiger partial charge in [-0.05, 0) is 62.8 Å². The van der Waals surface area contributed by atoms with Gasteiger partial charge in [-0.3, -0.25) is 0 Å². The van der Waals surface area contributed by atoms with Crippen molar-refractivity contribution in [1.29, 1.82) is 0 Å². The van der Waals surface area contributed by atoms with E-state index in [1.54, 1.807) is 0 Å². The molecule has 1 atom stereocenters. The van der Waals surface area contributed by atoms with Crippen molar-refractivity contribution in [3.05, 3.63) is 29.3 Å². The van der Waals surface area contributed by atoms with Gasteiger partial charge in [0.05, 0.1) is 5.56 Å². The molecule has 1 aliphatic heterocycles. The van der Waals surface area contributed by atoms with Crippen LogP contribution >= 0.6 is 0 Å². The molecule has 3 rings (SSSR count). The van der Waals surface area contributed by atoms with E-state index in [0.29, 0.717) is 12.6 Å². The summed E-state index contributed by atoms with van der Waals surface area (Å²) in [5.74, 6) is 1.73. The first-order chi connectivity index (χ1) is 11.9. The molecule has 1 aromatic carbocycles. The van der Waals surface area contributed by atoms with Crippen molar-refractivity contribution in [3.63, 3.8) is 0 Å². The zero-order valence-corrected chi connectivity index (χ0v) is 15.9. The number of ether oxygens (including phenoxy) is 2. The van der Waals surface area contributed by atoms with Gasteiger partial charge in [-0.2, -0.15) is 0 Å². The number of hydrogen-bond acceptors (Lipinski definition) is 4. The number of rotatable bonds is 6. The van der Waals surface area contributed by atoms with Crippen LogP contribution < -0.4 is 14.8 Å². The summed E-state index contributed by atoms with van der Waals surface area (Å²) in [6, 6.07) is 6.34. The molecule has 4 heteroatoms. The van der Waals surface area contributed by atoms with Gasteiger partial charge >= 0.3 is 0 Å². The van der Waals surface area contributed by atoms with Crippen LogP contribution in [-0.2, 0) is 0 Å². The first-order valence-corrected chi connectivity index (χ1v) is 9.47. The summed E-state index contributed by atoms with van der Waals surface area (Å²) in [6.07, 6.45) is 4.08. The molecular weight excluding hydrogens is 314 g/mol. The number of allylic oxidation sites excluding steroid dienone is 1. The van der Waals surface area contributed by atoms with Gasteiger partial charge in [0.1, 0.15) is 29.8 Å². The number of fused-ring (bicyclic) bond motifs is 2. The van der Waals surface area contributed by atoms with Gasteiger partial charge in [-0.25, -0.2) is 0 Å². The maximum atomic E-state index is 10.1. The summed E-state index contributed by atoms with van der Waals surface area (Å²) in [5.41, 5.74) is 3.65. The molecule has 0 bridgehead atoms. The average Bonchev–Trinajstić information content (AvgIpc) is 2.57. The highest BCUT2D eigenvalue weighted by Crippen LogP contribution is 2.50. The van der Waals surface area contributed by atoms with E-state index in [4.69, 9.17) is 9.47 Å². The molecule has 138 valence electrons. The predicted octanol–water partition coefficient (Wildman–Crippen LogP) is 3.92. The van der Waals surface area contributed by atoms with Crippen LogP contribution in [0.4, 0.5) is 0 Å². The Hall–Kier alpha value is -1.52. The maximum Gasteiger partial charge on any atom is 0.131 e. The molecule has 1 aliphatic carbocycles. The monoisotopic (exact) mass is 345 g/mol. The lowest BCUT2D eigenvalue weighted by molar-refractivity contribution is 0.102. The third-order valence-electron chi connectivity index (χ3n) is 5.04. The molecule has 0 amide bonds. The predicted molar refractivity (Wildman–Crippen MR) is 101 cm³/mol. The largest absolute Gasteiger partial charge is 0.490 e. The normalized spacial score (nSPS) is 19.9. The topological polar surface area (TPSA) is 50.7 Å². The van der Waals surface area contributed by atoms with Crippen molar-refractivity contribution in [1.82, 2.24) is 5.32 Å². The second-order valence-electron chi connectivity index (χ2n) is 7.93. The van der Waals surface area contributed by atoms with E-state index in [1.807, 2.05) is 18.2 Å². The van der Waals surface area contributed by atoms with Crippen LogP contribution in [0, 0.1) is 0 Å². The Labute approximate surface area is 151 Å². The molecule has 1 unspecified atom stereocenters. The van der Waals surface area contributed by atoms with Gasteiger partial charge in [0.15, 0.2) is 0 Å². The lowest BCUT2D eigenvalue weighted by atomic mass is 9.78. The zero-order chi connectivity index (χ0) is 18.0. The zero-order valence-electron chi connectivity index (χ0n) is 15.9. The molecule has 0 radical (unpaired) electrons. The fraction of sp³-hybridized carbons (Fsp3) is 0.619. The van der Waals surface area contributed by atoms with Crippen molar-refractivity contribution in [2.24, 2.45) is 0 Å². The van der Waals surface area contributed by atoms with Crippen molar-refractivity contribution < 1.29 is 14.6 Å². The molecule has 1 heterocycles. The number of aliphatic hydroxyl groups excluding tert-OH is 1. The third-order valence-corrected chi connectivity index (χ3v) is 5.04. The second-order valence-corrected chi connectivity index (χ2v) is 7.93. The Morgan fingerprint density at radius 2 is 2.00 bits per heavy atom. The smallest absolute Gasteiger partial charge is 0.131 e. The minimum Gasteiger partial charge on any atom is -0.490 e. The van der Waals surface area contributed by atoms with Crippen LogP contribution in [0.1, 0.15) is 58.9 Å². The highest BCUT2D eigenvalue weighted by atomic mass is 16.5. The number of nitrogens with one attached hydrogen (secondary N) is 1. The molecular formula is C21H31NO3. The fourth-order valence-corrected chi connectivity index (χ4v) is 3.81. The lowest BCUT2D eigenvalue weighted by Crippen LogP contribution is -2.36. The molecule has 2 N–H and O–H groups in total. The highest BCUT2D eigenvalue weighted by Gasteiger charge is 2.37. The summed E-state index contributed by atoms with van der Waals surface area (Å²) in [4.78, 5) is 0. The SMILES string of the molecule is CC(C)NCC(O)COc1cccc2c1C1=C(CCCC1)C(C)(C)O2. The van der Waals surface area contributed by atoms with Crippen LogP contribution in [0.2, 0.25) is 0 Å². The van der Waals surface area contributed by atoms with E-state index in [-0.39, 0.29) is 12.2 Å². The van der Waals surface area contributed by atoms with Crippen LogP contribution in [0.15, 0.2) is 23.8 Å². The summed E-state index contributed by atoms with van der Waals surface area (Å²) in [5, 5.41) is 13.4. The minimum atomic E-state index is -0.529. The molecule has 0 aromatic heterocycles. The highest BCUT2D eigenvalue weighted by molar-refractivity contribution is 5.81. The van der Waals surface area contributed by atoms with E-state index in [9.17, 15) is 5.11 Å². The van der Waals surface area contributed by atoms with Crippen molar-refractivity contribution >= 4 is 5.57 Å². The van der Waals surface area contributed by atoms with Crippen molar-refractivity contribution in [2.45, 2.75) is 71.1 Å². The van der Waals surface area contributed by atoms with Crippen LogP contribution in [0.25, 0.3) is 5.57 Å². The van der Waals surface area contributed by atoms with E-state index in [2.05, 4.69) is 33.0 Å². The maximum absolute atomic E-state index is 10.1. The molecule has 0 spiro atoms. The molecule has 25 heavy (non-hydrogen) atoms. The third kappa shape index (κ3) is 4.01. The molecule has 2 aliphatic rings. The average molecular weight is 345 g/mol. The lowest BCUT2D eigenvalue weighted by Gasteiger charge is -2.40. The second kappa shape index (κ2) is 7.38. The minimum absolute atomic E-state index is 0.248. The Balaban J connectivity index is 1.82. The quantitative estimate of drug-likeness (QED) is 0.820. The standard InChI is InChI=1S/C21H31NO3/c1-14(2)22-12-15(23)13-24-18-10-7-11-19-20(18)16-8-5-6-9-17(16)21(3,4)25-19/h7,10-11,14-15,22-23H,5-6,8-9,12-13H2,1-4H3. The first kappa shape index (κ1) is 18.3. The first-order valence-electron chi connectivity index (χ1n) is 9.47. The van der Waals surface area contributed by atoms with Crippen LogP contribution in [0.5, 0.6) is 11.5 Å². The van der Waals surface area contributed by atoms with Gasteiger partial charge in [0.2, 0.25) is 0 Å². The number of benzene rings is 1. The summed E-state index contributed by atoms with van der Waals surface area (Å²) in [7, 11) is 0. The van der Waals surface area contributed by atoms with Crippen molar-refractivity contribution in [3.8, 4) is 11.5 Å². The number of hydrogen-bond donors (Lipinski definition) is 2. The van der Waals surface area contributed by atoms with Crippen LogP contribution in [-0.4, -0.2) is 36.0 Å². The van der Waals surface area contributed by atoms with Gasteiger partial charge in [0, 0.05) is 12.6 Å². The molecule has 0 saturated carbocycles. The molecule has 0 fully saturated rings. The molecule has 0 saturated heterocycles. The number of aliphatic hydroxyl groups is 1. The van der Waals surface area contributed by atoms with Crippen molar-refractivity contribution in [2.75, 3.05) is 13.2 Å². The fourth-order valence-electron chi connectivity index (χ4n) is 3.81. The van der Waals surface area contributed by atoms with Gasteiger partial charge in [-0.15, -0.1) is 0 Å². The Bertz CT molecular complexity index is 649. The van der Waals surface area contributed by atoms with Gasteiger partial charge in [0.25, 0.3) is 0 Å². The van der Waals surface area contributed by atoms with Gasteiger partial charge in [-0.1, -0.05) is 19.9 Å². The Morgan fingerprint density at radius 3 is 2.76 bits per heavy atom. The molecule has 1 aromatic rings.